The summed E-state index contributed by atoms with van der Waals surface area (Å²) in [5, 5.41) is 10.5. The third-order valence-electron chi connectivity index (χ3n) is 3.54. The van der Waals surface area contributed by atoms with E-state index >= 15 is 0 Å². The molecule has 1 heterocycles. The van der Waals surface area contributed by atoms with Gasteiger partial charge in [0.2, 0.25) is 11.1 Å². The highest BCUT2D eigenvalue weighted by molar-refractivity contribution is 7.99. The molecule has 26 heavy (non-hydrogen) atoms. The number of hydrogen-bond donors (Lipinski definition) is 2. The Morgan fingerprint density at radius 1 is 1.23 bits per heavy atom. The Kier molecular flexibility index (Phi) is 5.91. The van der Waals surface area contributed by atoms with E-state index in [1.807, 2.05) is 62.4 Å². The fourth-order valence-corrected chi connectivity index (χ4v) is 2.96. The molecule has 0 aliphatic rings. The second-order valence-corrected chi connectivity index (χ2v) is 6.57. The number of thioether (sulfide) groups is 1. The van der Waals surface area contributed by atoms with Crippen molar-refractivity contribution in [2.75, 3.05) is 17.7 Å². The number of nitrogens with one attached hydrogen (secondary N) is 2. The first-order valence-electron chi connectivity index (χ1n) is 8.29. The van der Waals surface area contributed by atoms with Gasteiger partial charge in [-0.15, -0.1) is 5.10 Å². The molecule has 6 nitrogen and oxygen atoms in total. The Hall–Kier alpha value is -2.80. The zero-order valence-corrected chi connectivity index (χ0v) is 15.5. The normalized spacial score (nSPS) is 10.5. The third-order valence-corrected chi connectivity index (χ3v) is 4.39. The van der Waals surface area contributed by atoms with Crippen LogP contribution in [0.25, 0.3) is 11.4 Å². The molecule has 0 spiro atoms. The second-order valence-electron chi connectivity index (χ2n) is 5.63. The maximum Gasteiger partial charge on any atom is 0.234 e. The number of ether oxygens (including phenoxy) is 1. The number of amides is 1. The number of carbonyl (C=O) groups is 1. The van der Waals surface area contributed by atoms with Crippen LogP contribution in [0.5, 0.6) is 5.75 Å². The Bertz CT molecular complexity index is 877. The Balaban J connectivity index is 1.53. The first-order chi connectivity index (χ1) is 12.6. The standard InChI is InChI=1S/C19H20N4O2S/c1-3-25-16-9-7-15(8-10-16)20-17(24)12-26-19-21-18(22-23-19)14-6-4-5-13(2)11-14/h4-11H,3,12H2,1-2H3,(H,20,24)(H,21,22,23). The van der Waals surface area contributed by atoms with Gasteiger partial charge in [-0.05, 0) is 44.2 Å². The van der Waals surface area contributed by atoms with Crippen LogP contribution in [0.1, 0.15) is 12.5 Å². The van der Waals surface area contributed by atoms with E-state index in [1.165, 1.54) is 11.8 Å². The van der Waals surface area contributed by atoms with Crippen molar-refractivity contribution in [3.8, 4) is 17.1 Å². The van der Waals surface area contributed by atoms with E-state index in [4.69, 9.17) is 4.74 Å². The van der Waals surface area contributed by atoms with Crippen LogP contribution in [0.2, 0.25) is 0 Å². The van der Waals surface area contributed by atoms with Gasteiger partial charge in [0.25, 0.3) is 0 Å². The number of anilines is 1. The molecule has 2 aromatic carbocycles. The number of benzene rings is 2. The fourth-order valence-electron chi connectivity index (χ4n) is 2.36. The highest BCUT2D eigenvalue weighted by atomic mass is 32.2. The van der Waals surface area contributed by atoms with Gasteiger partial charge in [-0.25, -0.2) is 4.98 Å². The molecular formula is C19H20N4O2S. The van der Waals surface area contributed by atoms with Crippen LogP contribution in [-0.4, -0.2) is 33.4 Å². The first kappa shape index (κ1) is 18.0. The molecule has 3 aromatic rings. The van der Waals surface area contributed by atoms with Crippen LogP contribution in [-0.2, 0) is 4.79 Å². The zero-order valence-electron chi connectivity index (χ0n) is 14.7. The zero-order chi connectivity index (χ0) is 18.4. The number of rotatable bonds is 7. The largest absolute Gasteiger partial charge is 0.494 e. The number of carbonyl (C=O) groups excluding carboxylic acids is 1. The number of nitrogens with zero attached hydrogens (tertiary/aromatic N) is 2. The maximum atomic E-state index is 12.1. The summed E-state index contributed by atoms with van der Waals surface area (Å²) in [6.45, 7) is 4.57. The molecule has 134 valence electrons. The molecule has 0 saturated carbocycles. The molecule has 0 aliphatic heterocycles. The van der Waals surface area contributed by atoms with E-state index in [9.17, 15) is 4.79 Å². The van der Waals surface area contributed by atoms with Crippen molar-refractivity contribution < 1.29 is 9.53 Å². The first-order valence-corrected chi connectivity index (χ1v) is 9.27. The van der Waals surface area contributed by atoms with E-state index in [0.29, 0.717) is 17.6 Å². The molecule has 0 atom stereocenters. The van der Waals surface area contributed by atoms with Gasteiger partial charge in [0.15, 0.2) is 5.82 Å². The van der Waals surface area contributed by atoms with Crippen LogP contribution in [0.4, 0.5) is 5.69 Å². The lowest BCUT2D eigenvalue weighted by Gasteiger charge is -2.06. The average molecular weight is 368 g/mol. The van der Waals surface area contributed by atoms with Crippen molar-refractivity contribution in [3.05, 3.63) is 54.1 Å². The van der Waals surface area contributed by atoms with E-state index in [-0.39, 0.29) is 11.7 Å². The number of H-pyrrole nitrogens is 1. The van der Waals surface area contributed by atoms with Gasteiger partial charge in [-0.2, -0.15) is 0 Å². The fraction of sp³-hybridized carbons (Fsp3) is 0.211. The SMILES string of the molecule is CCOc1ccc(NC(=O)CSc2n[nH]c(-c3cccc(C)c3)n2)cc1. The van der Waals surface area contributed by atoms with Crippen molar-refractivity contribution in [2.24, 2.45) is 0 Å². The van der Waals surface area contributed by atoms with Crippen LogP contribution in [0, 0.1) is 6.92 Å². The van der Waals surface area contributed by atoms with Gasteiger partial charge in [0.1, 0.15) is 5.75 Å². The summed E-state index contributed by atoms with van der Waals surface area (Å²) in [7, 11) is 0. The number of hydrogen-bond acceptors (Lipinski definition) is 5. The monoisotopic (exact) mass is 368 g/mol. The molecule has 1 amide bonds. The van der Waals surface area contributed by atoms with Crippen LogP contribution in [0.3, 0.4) is 0 Å². The lowest BCUT2D eigenvalue weighted by atomic mass is 10.1. The molecular weight excluding hydrogens is 348 g/mol. The summed E-state index contributed by atoms with van der Waals surface area (Å²) in [4.78, 5) is 16.5. The van der Waals surface area contributed by atoms with E-state index in [0.717, 1.165) is 22.6 Å². The minimum atomic E-state index is -0.110. The Labute approximate surface area is 156 Å². The Morgan fingerprint density at radius 3 is 2.77 bits per heavy atom. The van der Waals surface area contributed by atoms with Crippen molar-refractivity contribution in [1.29, 1.82) is 0 Å². The predicted octanol–water partition coefficient (Wildman–Crippen LogP) is 3.91. The smallest absolute Gasteiger partial charge is 0.234 e. The molecule has 7 heteroatoms. The quantitative estimate of drug-likeness (QED) is 0.618. The van der Waals surface area contributed by atoms with Gasteiger partial charge in [0.05, 0.1) is 12.4 Å². The van der Waals surface area contributed by atoms with Crippen molar-refractivity contribution in [3.63, 3.8) is 0 Å². The van der Waals surface area contributed by atoms with Gasteiger partial charge < -0.3 is 10.1 Å². The minimum absolute atomic E-state index is 0.110. The predicted molar refractivity (Wildman–Crippen MR) is 104 cm³/mol. The van der Waals surface area contributed by atoms with Gasteiger partial charge in [-0.1, -0.05) is 35.5 Å². The summed E-state index contributed by atoms with van der Waals surface area (Å²) < 4.78 is 5.38. The number of aryl methyl sites for hydroxylation is 1. The topological polar surface area (TPSA) is 79.9 Å². The molecule has 0 bridgehead atoms. The van der Waals surface area contributed by atoms with Crippen LogP contribution >= 0.6 is 11.8 Å². The number of aromatic amines is 1. The lowest BCUT2D eigenvalue weighted by Crippen LogP contribution is -2.14. The van der Waals surface area contributed by atoms with Crippen LogP contribution in [0.15, 0.2) is 53.7 Å². The van der Waals surface area contributed by atoms with E-state index in [2.05, 4.69) is 20.5 Å². The molecule has 0 aliphatic carbocycles. The van der Waals surface area contributed by atoms with Crippen molar-refractivity contribution >= 4 is 23.4 Å². The molecule has 0 radical (unpaired) electrons. The van der Waals surface area contributed by atoms with Gasteiger partial charge in [-0.3, -0.25) is 9.89 Å². The maximum absolute atomic E-state index is 12.1. The summed E-state index contributed by atoms with van der Waals surface area (Å²) in [5.74, 6) is 1.60. The van der Waals surface area contributed by atoms with Crippen LogP contribution < -0.4 is 10.1 Å². The molecule has 0 fully saturated rings. The molecule has 2 N–H and O–H groups in total. The minimum Gasteiger partial charge on any atom is -0.494 e. The molecule has 1 aromatic heterocycles. The molecule has 3 rings (SSSR count). The highest BCUT2D eigenvalue weighted by Crippen LogP contribution is 2.20. The lowest BCUT2D eigenvalue weighted by molar-refractivity contribution is -0.113. The van der Waals surface area contributed by atoms with Gasteiger partial charge >= 0.3 is 0 Å². The summed E-state index contributed by atoms with van der Waals surface area (Å²) >= 11 is 1.29. The summed E-state index contributed by atoms with van der Waals surface area (Å²) in [6, 6.07) is 15.3. The Morgan fingerprint density at radius 2 is 2.04 bits per heavy atom. The van der Waals surface area contributed by atoms with Gasteiger partial charge in [0, 0.05) is 11.3 Å². The average Bonchev–Trinajstić information content (AvgIpc) is 3.11. The van der Waals surface area contributed by atoms with E-state index < -0.39 is 0 Å². The van der Waals surface area contributed by atoms with E-state index in [1.54, 1.807) is 0 Å². The molecule has 0 unspecified atom stereocenters. The third kappa shape index (κ3) is 4.86. The second kappa shape index (κ2) is 8.53. The van der Waals surface area contributed by atoms with Crippen molar-refractivity contribution in [2.45, 2.75) is 19.0 Å². The highest BCUT2D eigenvalue weighted by Gasteiger charge is 2.09. The molecule has 0 saturated heterocycles. The van der Waals surface area contributed by atoms with Crippen molar-refractivity contribution in [1.82, 2.24) is 15.2 Å². The summed E-state index contributed by atoms with van der Waals surface area (Å²) in [6.07, 6.45) is 0. The summed E-state index contributed by atoms with van der Waals surface area (Å²) in [5.41, 5.74) is 2.86. The number of aromatic nitrogens is 3.